The predicted octanol–water partition coefficient (Wildman–Crippen LogP) is 2.90. The van der Waals surface area contributed by atoms with Gasteiger partial charge in [0, 0.05) is 31.1 Å². The second-order valence-electron chi connectivity index (χ2n) is 5.04. The molecule has 0 spiro atoms. The SMILES string of the molecule is CCc1nc(Cl)c(C)c(NCCN(CC)C2CC2)n1. The van der Waals surface area contributed by atoms with Crippen molar-refractivity contribution < 1.29 is 0 Å². The van der Waals surface area contributed by atoms with Gasteiger partial charge >= 0.3 is 0 Å². The molecule has 1 aromatic heterocycles. The number of aryl methyl sites for hydroxylation is 1. The van der Waals surface area contributed by atoms with Crippen LogP contribution in [0.1, 0.15) is 38.1 Å². The lowest BCUT2D eigenvalue weighted by Crippen LogP contribution is -2.31. The van der Waals surface area contributed by atoms with Crippen molar-refractivity contribution in [3.63, 3.8) is 0 Å². The molecule has 0 saturated heterocycles. The first-order valence-electron chi connectivity index (χ1n) is 7.16. The summed E-state index contributed by atoms with van der Waals surface area (Å²) < 4.78 is 0. The van der Waals surface area contributed by atoms with Crippen LogP contribution in [0.15, 0.2) is 0 Å². The van der Waals surface area contributed by atoms with Crippen molar-refractivity contribution in [1.82, 2.24) is 14.9 Å². The lowest BCUT2D eigenvalue weighted by Gasteiger charge is -2.20. The van der Waals surface area contributed by atoms with E-state index in [2.05, 4.69) is 27.1 Å². The summed E-state index contributed by atoms with van der Waals surface area (Å²) in [6.07, 6.45) is 3.51. The van der Waals surface area contributed by atoms with E-state index in [0.717, 1.165) is 49.3 Å². The molecule has 0 aliphatic heterocycles. The molecule has 19 heavy (non-hydrogen) atoms. The van der Waals surface area contributed by atoms with Crippen LogP contribution >= 0.6 is 11.6 Å². The molecule has 0 radical (unpaired) electrons. The Morgan fingerprint density at radius 1 is 1.32 bits per heavy atom. The van der Waals surface area contributed by atoms with Crippen molar-refractivity contribution in [2.75, 3.05) is 25.0 Å². The number of anilines is 1. The fourth-order valence-electron chi connectivity index (χ4n) is 2.22. The van der Waals surface area contributed by atoms with E-state index in [1.54, 1.807) is 0 Å². The van der Waals surface area contributed by atoms with Gasteiger partial charge in [-0.05, 0) is 26.3 Å². The molecule has 0 amide bonds. The van der Waals surface area contributed by atoms with E-state index in [1.165, 1.54) is 12.8 Å². The summed E-state index contributed by atoms with van der Waals surface area (Å²) in [7, 11) is 0. The summed E-state index contributed by atoms with van der Waals surface area (Å²) in [5.74, 6) is 1.68. The maximum Gasteiger partial charge on any atom is 0.137 e. The van der Waals surface area contributed by atoms with Gasteiger partial charge in [0.15, 0.2) is 0 Å². The molecule has 1 fully saturated rings. The zero-order valence-corrected chi connectivity index (χ0v) is 12.8. The van der Waals surface area contributed by atoms with E-state index in [0.29, 0.717) is 5.15 Å². The van der Waals surface area contributed by atoms with Gasteiger partial charge in [0.2, 0.25) is 0 Å². The number of nitrogens with one attached hydrogen (secondary N) is 1. The topological polar surface area (TPSA) is 41.1 Å². The van der Waals surface area contributed by atoms with Crippen LogP contribution in [-0.2, 0) is 6.42 Å². The quantitative estimate of drug-likeness (QED) is 0.781. The Bertz CT molecular complexity index is 432. The number of hydrogen-bond donors (Lipinski definition) is 1. The number of likely N-dealkylation sites (N-methyl/N-ethyl adjacent to an activating group) is 1. The molecule has 5 heteroatoms. The molecule has 1 aliphatic carbocycles. The third-order valence-electron chi connectivity index (χ3n) is 3.61. The first kappa shape index (κ1) is 14.5. The van der Waals surface area contributed by atoms with E-state index in [-0.39, 0.29) is 0 Å². The average molecular weight is 283 g/mol. The van der Waals surface area contributed by atoms with Crippen molar-refractivity contribution in [2.45, 2.75) is 46.1 Å². The summed E-state index contributed by atoms with van der Waals surface area (Å²) in [5.41, 5.74) is 0.938. The van der Waals surface area contributed by atoms with Crippen LogP contribution in [0.3, 0.4) is 0 Å². The van der Waals surface area contributed by atoms with Gasteiger partial charge < -0.3 is 5.32 Å². The van der Waals surface area contributed by atoms with Crippen LogP contribution in [0, 0.1) is 6.92 Å². The van der Waals surface area contributed by atoms with E-state index in [9.17, 15) is 0 Å². The summed E-state index contributed by atoms with van der Waals surface area (Å²) in [6.45, 7) is 9.31. The largest absolute Gasteiger partial charge is 0.368 e. The van der Waals surface area contributed by atoms with Gasteiger partial charge in [-0.25, -0.2) is 9.97 Å². The Morgan fingerprint density at radius 3 is 2.63 bits per heavy atom. The van der Waals surface area contributed by atoms with Crippen molar-refractivity contribution >= 4 is 17.4 Å². The lowest BCUT2D eigenvalue weighted by atomic mass is 10.3. The molecule has 2 rings (SSSR count). The molecule has 0 aromatic carbocycles. The molecule has 1 aromatic rings. The normalized spacial score (nSPS) is 15.0. The maximum atomic E-state index is 6.13. The Kier molecular flexibility index (Phi) is 4.99. The third kappa shape index (κ3) is 3.80. The summed E-state index contributed by atoms with van der Waals surface area (Å²) in [4.78, 5) is 11.3. The highest BCUT2D eigenvalue weighted by Gasteiger charge is 2.27. The van der Waals surface area contributed by atoms with E-state index < -0.39 is 0 Å². The molecule has 1 heterocycles. The first-order valence-corrected chi connectivity index (χ1v) is 7.54. The van der Waals surface area contributed by atoms with Crippen molar-refractivity contribution in [3.8, 4) is 0 Å². The first-order chi connectivity index (χ1) is 9.15. The van der Waals surface area contributed by atoms with Gasteiger partial charge in [0.05, 0.1) is 0 Å². The minimum atomic E-state index is 0.559. The van der Waals surface area contributed by atoms with Crippen LogP contribution < -0.4 is 5.32 Å². The Labute approximate surface area is 120 Å². The second-order valence-corrected chi connectivity index (χ2v) is 5.40. The molecule has 0 atom stereocenters. The van der Waals surface area contributed by atoms with E-state index >= 15 is 0 Å². The van der Waals surface area contributed by atoms with Crippen molar-refractivity contribution in [2.24, 2.45) is 0 Å². The molecular weight excluding hydrogens is 260 g/mol. The van der Waals surface area contributed by atoms with Crippen molar-refractivity contribution in [1.29, 1.82) is 0 Å². The van der Waals surface area contributed by atoms with Crippen LogP contribution in [0.25, 0.3) is 0 Å². The number of hydrogen-bond acceptors (Lipinski definition) is 4. The van der Waals surface area contributed by atoms with Crippen LogP contribution in [0.4, 0.5) is 5.82 Å². The molecule has 0 bridgehead atoms. The van der Waals surface area contributed by atoms with Gasteiger partial charge in [-0.3, -0.25) is 4.90 Å². The summed E-state index contributed by atoms with van der Waals surface area (Å²) in [5, 5.41) is 3.96. The highest BCUT2D eigenvalue weighted by Crippen LogP contribution is 2.26. The molecule has 1 saturated carbocycles. The standard InChI is InChI=1S/C14H23ClN4/c1-4-12-17-13(15)10(3)14(18-12)16-8-9-19(5-2)11-6-7-11/h11H,4-9H2,1-3H3,(H,16,17,18). The fraction of sp³-hybridized carbons (Fsp3) is 0.714. The van der Waals surface area contributed by atoms with E-state index in [4.69, 9.17) is 11.6 Å². The number of halogens is 1. The Morgan fingerprint density at radius 2 is 2.05 bits per heavy atom. The highest BCUT2D eigenvalue weighted by molar-refractivity contribution is 6.30. The minimum Gasteiger partial charge on any atom is -0.368 e. The highest BCUT2D eigenvalue weighted by atomic mass is 35.5. The van der Waals surface area contributed by atoms with Gasteiger partial charge in [0.25, 0.3) is 0 Å². The lowest BCUT2D eigenvalue weighted by molar-refractivity contribution is 0.289. The van der Waals surface area contributed by atoms with Gasteiger partial charge in [0.1, 0.15) is 16.8 Å². The van der Waals surface area contributed by atoms with Gasteiger partial charge in [-0.1, -0.05) is 25.4 Å². The average Bonchev–Trinajstić information content (AvgIpc) is 3.23. The molecule has 1 aliphatic rings. The molecule has 1 N–H and O–H groups in total. The van der Waals surface area contributed by atoms with Crippen LogP contribution in [-0.4, -0.2) is 40.5 Å². The van der Waals surface area contributed by atoms with E-state index in [1.807, 2.05) is 13.8 Å². The van der Waals surface area contributed by atoms with Gasteiger partial charge in [-0.15, -0.1) is 0 Å². The second kappa shape index (κ2) is 6.53. The molecule has 0 unspecified atom stereocenters. The Balaban J connectivity index is 1.92. The fourth-order valence-corrected chi connectivity index (χ4v) is 2.41. The number of rotatable bonds is 7. The predicted molar refractivity (Wildman–Crippen MR) is 79.9 cm³/mol. The molecular formula is C14H23ClN4. The molecule has 106 valence electrons. The smallest absolute Gasteiger partial charge is 0.137 e. The maximum absolute atomic E-state index is 6.13. The number of aromatic nitrogens is 2. The monoisotopic (exact) mass is 282 g/mol. The third-order valence-corrected chi connectivity index (χ3v) is 3.98. The van der Waals surface area contributed by atoms with Crippen LogP contribution in [0.5, 0.6) is 0 Å². The molecule has 4 nitrogen and oxygen atoms in total. The van der Waals surface area contributed by atoms with Gasteiger partial charge in [-0.2, -0.15) is 0 Å². The minimum absolute atomic E-state index is 0.559. The zero-order chi connectivity index (χ0) is 13.8. The summed E-state index contributed by atoms with van der Waals surface area (Å²) in [6, 6.07) is 0.813. The number of nitrogens with zero attached hydrogens (tertiary/aromatic N) is 3. The summed E-state index contributed by atoms with van der Waals surface area (Å²) >= 11 is 6.13. The zero-order valence-electron chi connectivity index (χ0n) is 12.0. The van der Waals surface area contributed by atoms with Crippen LogP contribution in [0.2, 0.25) is 5.15 Å². The Hall–Kier alpha value is -0.870. The van der Waals surface area contributed by atoms with Crippen molar-refractivity contribution in [3.05, 3.63) is 16.5 Å².